The first kappa shape index (κ1) is 11.8. The van der Waals surface area contributed by atoms with Crippen LogP contribution in [0.3, 0.4) is 0 Å². The number of primary amides is 1. The van der Waals surface area contributed by atoms with Crippen molar-refractivity contribution in [2.24, 2.45) is 10.8 Å². The number of ether oxygens (including phenoxy) is 1. The quantitative estimate of drug-likeness (QED) is 0.288. The van der Waals surface area contributed by atoms with Gasteiger partial charge >= 0.3 is 0 Å². The number of nitrogens with two attached hydrogens (primary N) is 1. The Morgan fingerprint density at radius 1 is 1.73 bits per heavy atom. The second-order valence-corrected chi connectivity index (χ2v) is 3.48. The van der Waals surface area contributed by atoms with E-state index in [4.69, 9.17) is 16.0 Å². The Kier molecular flexibility index (Phi) is 4.36. The number of carbonyl (C=O) groups is 1. The average Bonchev–Trinajstić information content (AvgIpc) is 2.26. The summed E-state index contributed by atoms with van der Waals surface area (Å²) in [7, 11) is 0. The van der Waals surface area contributed by atoms with Crippen LogP contribution in [0, 0.1) is 0 Å². The van der Waals surface area contributed by atoms with E-state index in [1.54, 1.807) is 0 Å². The lowest BCUT2D eigenvalue weighted by Crippen LogP contribution is -2.60. The molecule has 1 aliphatic rings. The molecule has 0 radical (unpaired) electrons. The Morgan fingerprint density at radius 3 is 3.07 bits per heavy atom. The van der Waals surface area contributed by atoms with Gasteiger partial charge in [0.2, 0.25) is 5.91 Å². The van der Waals surface area contributed by atoms with Gasteiger partial charge in [-0.1, -0.05) is 5.11 Å². The first-order valence-electron chi connectivity index (χ1n) is 4.85. The fraction of sp³-hybridized carbons (Fsp3) is 0.875. The number of amides is 1. The Balaban J connectivity index is 2.49. The summed E-state index contributed by atoms with van der Waals surface area (Å²) in [6, 6.07) is 0. The Morgan fingerprint density at radius 2 is 2.53 bits per heavy atom. The number of azide groups is 1. The molecule has 0 bridgehead atoms. The molecule has 1 aliphatic heterocycles. The maximum Gasteiger partial charge on any atom is 0.240 e. The first-order valence-corrected chi connectivity index (χ1v) is 4.85. The van der Waals surface area contributed by atoms with Crippen molar-refractivity contribution in [3.8, 4) is 0 Å². The van der Waals surface area contributed by atoms with Crippen LogP contribution in [-0.4, -0.2) is 37.7 Å². The SMILES string of the molecule is [N-]=[N+]=NCCNC1(C(N)=O)CCCOC1. The summed E-state index contributed by atoms with van der Waals surface area (Å²) in [5.41, 5.74) is 12.6. The molecule has 1 saturated heterocycles. The van der Waals surface area contributed by atoms with Crippen molar-refractivity contribution in [2.45, 2.75) is 18.4 Å². The smallest absolute Gasteiger partial charge is 0.240 e. The fourth-order valence-corrected chi connectivity index (χ4v) is 1.61. The fourth-order valence-electron chi connectivity index (χ4n) is 1.61. The number of hydrogen-bond acceptors (Lipinski definition) is 4. The van der Waals surface area contributed by atoms with Gasteiger partial charge in [-0.15, -0.1) is 0 Å². The number of hydrogen-bond donors (Lipinski definition) is 2. The van der Waals surface area contributed by atoms with Crippen molar-refractivity contribution in [1.82, 2.24) is 5.32 Å². The van der Waals surface area contributed by atoms with Crippen LogP contribution < -0.4 is 11.1 Å². The molecule has 0 spiro atoms. The highest BCUT2D eigenvalue weighted by atomic mass is 16.5. The third-order valence-electron chi connectivity index (χ3n) is 2.45. The van der Waals surface area contributed by atoms with Crippen molar-refractivity contribution >= 4 is 5.91 Å². The largest absolute Gasteiger partial charge is 0.379 e. The second kappa shape index (κ2) is 5.55. The van der Waals surface area contributed by atoms with Gasteiger partial charge in [-0.05, 0) is 18.4 Å². The van der Waals surface area contributed by atoms with Gasteiger partial charge in [0.05, 0.1) is 6.61 Å². The van der Waals surface area contributed by atoms with Gasteiger partial charge in [-0.3, -0.25) is 4.79 Å². The molecule has 1 amide bonds. The summed E-state index contributed by atoms with van der Waals surface area (Å²) in [4.78, 5) is 13.9. The highest BCUT2D eigenvalue weighted by Gasteiger charge is 2.37. The van der Waals surface area contributed by atoms with Crippen LogP contribution in [-0.2, 0) is 9.53 Å². The van der Waals surface area contributed by atoms with Gasteiger partial charge in [-0.2, -0.15) is 0 Å². The molecule has 7 nitrogen and oxygen atoms in total. The zero-order valence-electron chi connectivity index (χ0n) is 8.48. The molecule has 84 valence electrons. The summed E-state index contributed by atoms with van der Waals surface area (Å²) in [6.07, 6.45) is 1.47. The predicted molar refractivity (Wildman–Crippen MR) is 54.0 cm³/mol. The molecular formula is C8H15N5O2. The Hall–Kier alpha value is -1.30. The maximum absolute atomic E-state index is 11.3. The van der Waals surface area contributed by atoms with Crippen LogP contribution in [0.25, 0.3) is 10.4 Å². The van der Waals surface area contributed by atoms with Crippen molar-refractivity contribution in [2.75, 3.05) is 26.3 Å². The third kappa shape index (κ3) is 3.09. The van der Waals surface area contributed by atoms with Crippen LogP contribution in [0.4, 0.5) is 0 Å². The van der Waals surface area contributed by atoms with E-state index in [2.05, 4.69) is 15.3 Å². The standard InChI is InChI=1S/C8H15N5O2/c9-7(14)8(2-1-5-15-6-8)11-3-4-12-13-10/h11H,1-6H2,(H2,9,14). The molecule has 1 atom stereocenters. The van der Waals surface area contributed by atoms with Gasteiger partial charge in [0.1, 0.15) is 5.54 Å². The van der Waals surface area contributed by atoms with Crippen LogP contribution >= 0.6 is 0 Å². The average molecular weight is 213 g/mol. The third-order valence-corrected chi connectivity index (χ3v) is 2.45. The molecule has 0 aromatic carbocycles. The number of nitrogens with zero attached hydrogens (tertiary/aromatic N) is 3. The van der Waals surface area contributed by atoms with E-state index in [-0.39, 0.29) is 0 Å². The molecule has 1 heterocycles. The molecule has 0 aromatic rings. The lowest BCUT2D eigenvalue weighted by Gasteiger charge is -2.34. The van der Waals surface area contributed by atoms with E-state index in [9.17, 15) is 4.79 Å². The van der Waals surface area contributed by atoms with Gasteiger partial charge in [0.15, 0.2) is 0 Å². The van der Waals surface area contributed by atoms with Crippen molar-refractivity contribution < 1.29 is 9.53 Å². The van der Waals surface area contributed by atoms with Crippen molar-refractivity contribution in [3.63, 3.8) is 0 Å². The molecule has 1 unspecified atom stereocenters. The summed E-state index contributed by atoms with van der Waals surface area (Å²) >= 11 is 0. The number of rotatable bonds is 5. The molecule has 3 N–H and O–H groups in total. The van der Waals surface area contributed by atoms with Crippen LogP contribution in [0.5, 0.6) is 0 Å². The minimum Gasteiger partial charge on any atom is -0.379 e. The van der Waals surface area contributed by atoms with Gasteiger partial charge in [0.25, 0.3) is 0 Å². The molecule has 0 aromatic heterocycles. The summed E-state index contributed by atoms with van der Waals surface area (Å²) in [6.45, 7) is 1.67. The minimum atomic E-state index is -0.788. The summed E-state index contributed by atoms with van der Waals surface area (Å²) in [5, 5.41) is 6.38. The van der Waals surface area contributed by atoms with Crippen LogP contribution in [0.1, 0.15) is 12.8 Å². The van der Waals surface area contributed by atoms with E-state index in [0.29, 0.717) is 32.7 Å². The maximum atomic E-state index is 11.3. The first-order chi connectivity index (χ1) is 7.21. The summed E-state index contributed by atoms with van der Waals surface area (Å²) in [5.74, 6) is -0.414. The van der Waals surface area contributed by atoms with E-state index in [0.717, 1.165) is 6.42 Å². The molecule has 1 fully saturated rings. The predicted octanol–water partition coefficient (Wildman–Crippen LogP) is -0.0792. The van der Waals surface area contributed by atoms with Crippen molar-refractivity contribution in [3.05, 3.63) is 10.4 Å². The number of carbonyl (C=O) groups excluding carboxylic acids is 1. The molecule has 0 saturated carbocycles. The molecule has 0 aliphatic carbocycles. The van der Waals surface area contributed by atoms with E-state index in [1.165, 1.54) is 0 Å². The minimum absolute atomic E-state index is 0.290. The van der Waals surface area contributed by atoms with Gasteiger partial charge in [-0.25, -0.2) is 0 Å². The molecular weight excluding hydrogens is 198 g/mol. The zero-order valence-corrected chi connectivity index (χ0v) is 8.48. The highest BCUT2D eigenvalue weighted by molar-refractivity contribution is 5.85. The Labute approximate surface area is 87.6 Å². The van der Waals surface area contributed by atoms with E-state index < -0.39 is 11.4 Å². The Bertz CT molecular complexity index is 268. The number of nitrogens with one attached hydrogen (secondary N) is 1. The van der Waals surface area contributed by atoms with E-state index in [1.807, 2.05) is 0 Å². The zero-order chi connectivity index (χ0) is 11.1. The molecule has 15 heavy (non-hydrogen) atoms. The van der Waals surface area contributed by atoms with Crippen molar-refractivity contribution in [1.29, 1.82) is 0 Å². The second-order valence-electron chi connectivity index (χ2n) is 3.48. The van der Waals surface area contributed by atoms with Gasteiger partial charge in [0, 0.05) is 24.6 Å². The van der Waals surface area contributed by atoms with Crippen LogP contribution in [0.15, 0.2) is 5.11 Å². The highest BCUT2D eigenvalue weighted by Crippen LogP contribution is 2.18. The van der Waals surface area contributed by atoms with Gasteiger partial charge < -0.3 is 15.8 Å². The lowest BCUT2D eigenvalue weighted by molar-refractivity contribution is -0.129. The lowest BCUT2D eigenvalue weighted by atomic mass is 9.91. The van der Waals surface area contributed by atoms with Crippen LogP contribution in [0.2, 0.25) is 0 Å². The van der Waals surface area contributed by atoms with E-state index >= 15 is 0 Å². The summed E-state index contributed by atoms with van der Waals surface area (Å²) < 4.78 is 5.24. The monoisotopic (exact) mass is 213 g/mol. The molecule has 1 rings (SSSR count). The molecule has 7 heteroatoms. The topological polar surface area (TPSA) is 113 Å². The normalized spacial score (nSPS) is 25.6.